The van der Waals surface area contributed by atoms with Gasteiger partial charge < -0.3 is 4.57 Å². The molecule has 0 radical (unpaired) electrons. The van der Waals surface area contributed by atoms with E-state index in [9.17, 15) is 8.42 Å². The Morgan fingerprint density at radius 3 is 2.58 bits per heavy atom. The third-order valence-corrected chi connectivity index (χ3v) is 3.71. The van der Waals surface area contributed by atoms with Crippen LogP contribution in [0, 0.1) is 11.3 Å². The summed E-state index contributed by atoms with van der Waals surface area (Å²) in [5.74, 6) is 0. The van der Waals surface area contributed by atoms with E-state index in [1.54, 1.807) is 35.9 Å². The molecular weight excluding hydrogens is 264 g/mol. The molecule has 0 fully saturated rings. The first-order valence-corrected chi connectivity index (χ1v) is 6.96. The lowest BCUT2D eigenvalue weighted by Crippen LogP contribution is -2.13. The normalized spacial score (nSPS) is 10.9. The molecule has 0 unspecified atom stereocenters. The highest BCUT2D eigenvalue weighted by Crippen LogP contribution is 2.15. The molecule has 0 aliphatic carbocycles. The van der Waals surface area contributed by atoms with Gasteiger partial charge in [-0.25, -0.2) is 4.98 Å². The molecule has 1 N–H and O–H groups in total. The van der Waals surface area contributed by atoms with E-state index in [2.05, 4.69) is 9.71 Å². The summed E-state index contributed by atoms with van der Waals surface area (Å²) in [6, 6.07) is 8.68. The minimum Gasteiger partial charge on any atom is -0.339 e. The van der Waals surface area contributed by atoms with Crippen molar-refractivity contribution in [2.45, 2.75) is 11.4 Å². The van der Waals surface area contributed by atoms with Crippen LogP contribution in [0.15, 0.2) is 41.8 Å². The molecule has 1 aromatic carbocycles. The summed E-state index contributed by atoms with van der Waals surface area (Å²) in [6.45, 7) is 0. The van der Waals surface area contributed by atoms with Gasteiger partial charge in [0.15, 0.2) is 5.03 Å². The van der Waals surface area contributed by atoms with Crippen LogP contribution in [-0.2, 0) is 23.5 Å². The molecule has 0 bridgehead atoms. The van der Waals surface area contributed by atoms with E-state index in [0.717, 1.165) is 5.56 Å². The van der Waals surface area contributed by atoms with Gasteiger partial charge in [0.05, 0.1) is 18.8 Å². The summed E-state index contributed by atoms with van der Waals surface area (Å²) in [6.07, 6.45) is 3.14. The molecule has 1 aromatic heterocycles. The molecule has 0 amide bonds. The summed E-state index contributed by atoms with van der Waals surface area (Å²) in [5.41, 5.74) is 1.27. The number of benzene rings is 1. The second kappa shape index (κ2) is 5.12. The third-order valence-electron chi connectivity index (χ3n) is 2.45. The molecule has 2 rings (SSSR count). The van der Waals surface area contributed by atoms with Gasteiger partial charge in [0.2, 0.25) is 0 Å². The second-order valence-corrected chi connectivity index (χ2v) is 5.64. The van der Waals surface area contributed by atoms with E-state index in [-0.39, 0.29) is 5.03 Å². The van der Waals surface area contributed by atoms with Crippen LogP contribution < -0.4 is 4.72 Å². The van der Waals surface area contributed by atoms with Crippen LogP contribution in [0.1, 0.15) is 5.56 Å². The first kappa shape index (κ1) is 13.1. The number of nitrogens with one attached hydrogen (secondary N) is 1. The lowest BCUT2D eigenvalue weighted by molar-refractivity contribution is 0.598. The molecule has 7 heteroatoms. The number of nitriles is 1. The molecule has 0 saturated heterocycles. The Hall–Kier alpha value is -2.33. The van der Waals surface area contributed by atoms with Crippen LogP contribution in [0.2, 0.25) is 0 Å². The summed E-state index contributed by atoms with van der Waals surface area (Å²) < 4.78 is 28.0. The van der Waals surface area contributed by atoms with Gasteiger partial charge in [-0.2, -0.15) is 13.7 Å². The van der Waals surface area contributed by atoms with Crippen LogP contribution in [0.4, 0.5) is 5.69 Å². The van der Waals surface area contributed by atoms with Gasteiger partial charge in [-0.05, 0) is 17.7 Å². The minimum absolute atomic E-state index is 0.0314. The van der Waals surface area contributed by atoms with E-state index in [1.165, 1.54) is 12.5 Å². The van der Waals surface area contributed by atoms with E-state index in [1.807, 2.05) is 6.07 Å². The van der Waals surface area contributed by atoms with Crippen LogP contribution in [0.3, 0.4) is 0 Å². The number of nitrogens with zero attached hydrogens (tertiary/aromatic N) is 3. The average molecular weight is 276 g/mol. The standard InChI is InChI=1S/C12H12N4O2S/c1-16-8-12(14-9-16)19(17,18)15-11-4-2-10(3-5-11)6-7-13/h2-5,8-9,15H,6H2,1H3. The molecule has 0 spiro atoms. The van der Waals surface area contributed by atoms with Crippen molar-refractivity contribution in [2.24, 2.45) is 7.05 Å². The predicted octanol–water partition coefficient (Wildman–Crippen LogP) is 1.29. The predicted molar refractivity (Wildman–Crippen MR) is 69.8 cm³/mol. The van der Waals surface area contributed by atoms with Crippen molar-refractivity contribution in [1.29, 1.82) is 5.26 Å². The molecule has 98 valence electrons. The van der Waals surface area contributed by atoms with Gasteiger partial charge in [0, 0.05) is 18.9 Å². The Bertz CT molecular complexity index is 711. The van der Waals surface area contributed by atoms with Gasteiger partial charge in [0.25, 0.3) is 10.0 Å². The van der Waals surface area contributed by atoms with Crippen molar-refractivity contribution in [3.8, 4) is 6.07 Å². The SMILES string of the molecule is Cn1cnc(S(=O)(=O)Nc2ccc(CC#N)cc2)c1. The zero-order valence-electron chi connectivity index (χ0n) is 10.2. The van der Waals surface area contributed by atoms with Crippen LogP contribution in [-0.4, -0.2) is 18.0 Å². The molecule has 0 aliphatic rings. The maximum atomic E-state index is 12.0. The molecule has 2 aromatic rings. The van der Waals surface area contributed by atoms with Gasteiger partial charge in [-0.1, -0.05) is 12.1 Å². The minimum atomic E-state index is -3.66. The zero-order valence-corrected chi connectivity index (χ0v) is 11.1. The number of sulfonamides is 1. The summed E-state index contributed by atoms with van der Waals surface area (Å²) >= 11 is 0. The van der Waals surface area contributed by atoms with Crippen molar-refractivity contribution in [1.82, 2.24) is 9.55 Å². The van der Waals surface area contributed by atoms with Gasteiger partial charge >= 0.3 is 0 Å². The van der Waals surface area contributed by atoms with Crippen LogP contribution in [0.5, 0.6) is 0 Å². The fourth-order valence-corrected chi connectivity index (χ4v) is 2.56. The maximum absolute atomic E-state index is 12.0. The highest BCUT2D eigenvalue weighted by Gasteiger charge is 2.16. The fraction of sp³-hybridized carbons (Fsp3) is 0.167. The van der Waals surface area contributed by atoms with Crippen LogP contribution >= 0.6 is 0 Å². The van der Waals surface area contributed by atoms with Gasteiger partial charge in [-0.15, -0.1) is 0 Å². The lowest BCUT2D eigenvalue weighted by Gasteiger charge is -2.05. The highest BCUT2D eigenvalue weighted by atomic mass is 32.2. The first-order valence-electron chi connectivity index (χ1n) is 5.48. The van der Waals surface area contributed by atoms with Crippen molar-refractivity contribution < 1.29 is 8.42 Å². The number of imidazole rings is 1. The van der Waals surface area contributed by atoms with Gasteiger partial charge in [0.1, 0.15) is 0 Å². The fourth-order valence-electron chi connectivity index (χ4n) is 1.52. The van der Waals surface area contributed by atoms with E-state index in [4.69, 9.17) is 5.26 Å². The average Bonchev–Trinajstić information content (AvgIpc) is 2.79. The summed E-state index contributed by atoms with van der Waals surface area (Å²) in [7, 11) is -1.97. The Morgan fingerprint density at radius 1 is 1.37 bits per heavy atom. The zero-order chi connectivity index (χ0) is 13.9. The number of aromatic nitrogens is 2. The number of hydrogen-bond donors (Lipinski definition) is 1. The number of aryl methyl sites for hydroxylation is 1. The largest absolute Gasteiger partial charge is 0.339 e. The number of hydrogen-bond acceptors (Lipinski definition) is 4. The molecule has 1 heterocycles. The summed E-state index contributed by atoms with van der Waals surface area (Å²) in [4.78, 5) is 3.80. The monoisotopic (exact) mass is 276 g/mol. The smallest absolute Gasteiger partial charge is 0.280 e. The molecule has 6 nitrogen and oxygen atoms in total. The van der Waals surface area contributed by atoms with E-state index in [0.29, 0.717) is 12.1 Å². The molecule has 0 aliphatic heterocycles. The number of rotatable bonds is 4. The van der Waals surface area contributed by atoms with E-state index >= 15 is 0 Å². The molecule has 19 heavy (non-hydrogen) atoms. The Balaban J connectivity index is 2.19. The molecule has 0 saturated carbocycles. The van der Waals surface area contributed by atoms with Crippen molar-refractivity contribution in [3.05, 3.63) is 42.4 Å². The van der Waals surface area contributed by atoms with Crippen molar-refractivity contribution in [2.75, 3.05) is 4.72 Å². The first-order chi connectivity index (χ1) is 9.01. The molecular formula is C12H12N4O2S. The molecule has 0 atom stereocenters. The Kier molecular flexibility index (Phi) is 3.53. The van der Waals surface area contributed by atoms with Gasteiger partial charge in [-0.3, -0.25) is 4.72 Å². The lowest BCUT2D eigenvalue weighted by atomic mass is 10.1. The highest BCUT2D eigenvalue weighted by molar-refractivity contribution is 7.92. The Labute approximate surface area is 111 Å². The van der Waals surface area contributed by atoms with E-state index < -0.39 is 10.0 Å². The number of anilines is 1. The summed E-state index contributed by atoms with van der Waals surface area (Å²) in [5, 5.41) is 8.52. The second-order valence-electron chi connectivity index (χ2n) is 4.01. The Morgan fingerprint density at radius 2 is 2.05 bits per heavy atom. The topological polar surface area (TPSA) is 87.8 Å². The third kappa shape index (κ3) is 3.11. The van der Waals surface area contributed by atoms with Crippen molar-refractivity contribution in [3.63, 3.8) is 0 Å². The van der Waals surface area contributed by atoms with Crippen LogP contribution in [0.25, 0.3) is 0 Å². The van der Waals surface area contributed by atoms with Crippen molar-refractivity contribution >= 4 is 15.7 Å². The maximum Gasteiger partial charge on any atom is 0.280 e. The quantitative estimate of drug-likeness (QED) is 0.911.